The normalized spacial score (nSPS) is 11.7. The maximum absolute atomic E-state index is 12.3. The van der Waals surface area contributed by atoms with Crippen LogP contribution in [0, 0.1) is 0 Å². The van der Waals surface area contributed by atoms with E-state index >= 15 is 0 Å². The number of hydrogen-bond acceptors (Lipinski definition) is 2. The van der Waals surface area contributed by atoms with Gasteiger partial charge in [0.05, 0.1) is 17.5 Å². The summed E-state index contributed by atoms with van der Waals surface area (Å²) in [4.78, 5) is 0. The van der Waals surface area contributed by atoms with Gasteiger partial charge >= 0.3 is 6.18 Å². The highest BCUT2D eigenvalue weighted by Gasteiger charge is 2.29. The summed E-state index contributed by atoms with van der Waals surface area (Å²) < 4.78 is 37.0. The van der Waals surface area contributed by atoms with Crippen molar-refractivity contribution in [3.8, 4) is 0 Å². The van der Waals surface area contributed by atoms with E-state index in [0.717, 1.165) is 17.8 Å². The van der Waals surface area contributed by atoms with Crippen molar-refractivity contribution < 1.29 is 13.2 Å². The number of nitrogens with zero attached hydrogens (tertiary/aromatic N) is 1. The molecule has 0 amide bonds. The Morgan fingerprint density at radius 1 is 0.895 bits per heavy atom. The molecule has 2 aromatic carbocycles. The van der Waals surface area contributed by atoms with Gasteiger partial charge in [-0.1, -0.05) is 30.3 Å². The van der Waals surface area contributed by atoms with Gasteiger partial charge in [-0.2, -0.15) is 18.3 Å². The van der Waals surface area contributed by atoms with Gasteiger partial charge in [-0.05, 0) is 29.8 Å². The van der Waals surface area contributed by atoms with Gasteiger partial charge < -0.3 is 0 Å². The molecule has 0 unspecified atom stereocenters. The zero-order valence-corrected chi connectivity index (χ0v) is 9.85. The first-order valence-corrected chi connectivity index (χ1v) is 5.57. The fraction of sp³-hybridized carbons (Fsp3) is 0.0714. The standard InChI is InChI=1S/C14H11F3N2/c15-14(16,17)12-8-6-11(7-9-12)10-18-19-13-4-2-1-3-5-13/h1-10,19H/b18-10-. The van der Waals surface area contributed by atoms with Crippen molar-refractivity contribution in [1.29, 1.82) is 0 Å². The van der Waals surface area contributed by atoms with Crippen molar-refractivity contribution in [2.75, 3.05) is 5.43 Å². The van der Waals surface area contributed by atoms with E-state index in [1.54, 1.807) is 0 Å². The van der Waals surface area contributed by atoms with Crippen LogP contribution in [0.4, 0.5) is 18.9 Å². The molecule has 0 aromatic heterocycles. The van der Waals surface area contributed by atoms with E-state index in [4.69, 9.17) is 0 Å². The van der Waals surface area contributed by atoms with Crippen LogP contribution in [0.1, 0.15) is 11.1 Å². The lowest BCUT2D eigenvalue weighted by molar-refractivity contribution is -0.137. The van der Waals surface area contributed by atoms with Gasteiger partial charge in [0.15, 0.2) is 0 Å². The summed E-state index contributed by atoms with van der Waals surface area (Å²) in [5.74, 6) is 0. The van der Waals surface area contributed by atoms with Crippen molar-refractivity contribution >= 4 is 11.9 Å². The van der Waals surface area contributed by atoms with Crippen LogP contribution in [0.25, 0.3) is 0 Å². The number of rotatable bonds is 3. The topological polar surface area (TPSA) is 24.4 Å². The summed E-state index contributed by atoms with van der Waals surface area (Å²) in [7, 11) is 0. The van der Waals surface area contributed by atoms with Gasteiger partial charge in [0.25, 0.3) is 0 Å². The highest BCUT2D eigenvalue weighted by atomic mass is 19.4. The van der Waals surface area contributed by atoms with Gasteiger partial charge in [-0.15, -0.1) is 0 Å². The minimum atomic E-state index is -4.31. The molecule has 0 radical (unpaired) electrons. The van der Waals surface area contributed by atoms with Crippen molar-refractivity contribution in [1.82, 2.24) is 0 Å². The Labute approximate surface area is 108 Å². The predicted molar refractivity (Wildman–Crippen MR) is 69.1 cm³/mol. The predicted octanol–water partition coefficient (Wildman–Crippen LogP) is 4.15. The number of hydrogen-bond donors (Lipinski definition) is 1. The third kappa shape index (κ3) is 3.84. The molecule has 0 saturated heterocycles. The van der Waals surface area contributed by atoms with E-state index in [1.165, 1.54) is 18.3 Å². The Hall–Kier alpha value is -2.30. The number of anilines is 1. The Bertz CT molecular complexity index is 545. The zero-order valence-electron chi connectivity index (χ0n) is 9.85. The number of hydrazone groups is 1. The molecule has 19 heavy (non-hydrogen) atoms. The van der Waals surface area contributed by atoms with Crippen LogP contribution in [0.2, 0.25) is 0 Å². The van der Waals surface area contributed by atoms with Crippen LogP contribution in [-0.2, 0) is 6.18 Å². The lowest BCUT2D eigenvalue weighted by atomic mass is 10.1. The molecule has 0 aliphatic rings. The fourth-order valence-electron chi connectivity index (χ4n) is 1.45. The molecule has 98 valence electrons. The fourth-order valence-corrected chi connectivity index (χ4v) is 1.45. The molecule has 0 aliphatic carbocycles. The Morgan fingerprint density at radius 3 is 2.11 bits per heavy atom. The van der Waals surface area contributed by atoms with E-state index in [1.807, 2.05) is 30.3 Å². The number of para-hydroxylation sites is 1. The molecule has 0 aliphatic heterocycles. The lowest BCUT2D eigenvalue weighted by Gasteiger charge is -2.05. The number of nitrogens with one attached hydrogen (secondary N) is 1. The summed E-state index contributed by atoms with van der Waals surface area (Å²) >= 11 is 0. The van der Waals surface area contributed by atoms with Gasteiger partial charge in [-0.25, -0.2) is 0 Å². The SMILES string of the molecule is FC(F)(F)c1ccc(/C=N\Nc2ccccc2)cc1. The van der Waals surface area contributed by atoms with E-state index in [-0.39, 0.29) is 0 Å². The molecule has 0 spiro atoms. The van der Waals surface area contributed by atoms with Crippen molar-refractivity contribution in [2.45, 2.75) is 6.18 Å². The second kappa shape index (κ2) is 5.56. The summed E-state index contributed by atoms with van der Waals surface area (Å²) in [6.45, 7) is 0. The van der Waals surface area contributed by atoms with Crippen molar-refractivity contribution in [3.63, 3.8) is 0 Å². The molecule has 1 N–H and O–H groups in total. The Kier molecular flexibility index (Phi) is 3.85. The highest BCUT2D eigenvalue weighted by Crippen LogP contribution is 2.28. The first-order chi connectivity index (χ1) is 9.05. The largest absolute Gasteiger partial charge is 0.416 e. The van der Waals surface area contributed by atoms with Crippen LogP contribution < -0.4 is 5.43 Å². The molecule has 0 bridgehead atoms. The quantitative estimate of drug-likeness (QED) is 0.653. The van der Waals surface area contributed by atoms with E-state index in [2.05, 4.69) is 10.5 Å². The summed E-state index contributed by atoms with van der Waals surface area (Å²) in [5, 5.41) is 3.95. The first kappa shape index (κ1) is 13.1. The van der Waals surface area contributed by atoms with Gasteiger partial charge in [0, 0.05) is 0 Å². The molecule has 2 rings (SSSR count). The van der Waals surface area contributed by atoms with Gasteiger partial charge in [0.2, 0.25) is 0 Å². The molecule has 0 atom stereocenters. The van der Waals surface area contributed by atoms with E-state index in [0.29, 0.717) is 5.56 Å². The van der Waals surface area contributed by atoms with Gasteiger partial charge in [0.1, 0.15) is 0 Å². The van der Waals surface area contributed by atoms with Crippen LogP contribution in [-0.4, -0.2) is 6.21 Å². The highest BCUT2D eigenvalue weighted by molar-refractivity contribution is 5.80. The maximum Gasteiger partial charge on any atom is 0.416 e. The Morgan fingerprint density at radius 2 is 1.53 bits per heavy atom. The first-order valence-electron chi connectivity index (χ1n) is 5.57. The molecule has 2 nitrogen and oxygen atoms in total. The molecule has 0 heterocycles. The van der Waals surface area contributed by atoms with E-state index < -0.39 is 11.7 Å². The summed E-state index contributed by atoms with van der Waals surface area (Å²) in [5.41, 5.74) is 3.52. The molecule has 5 heteroatoms. The van der Waals surface area contributed by atoms with Gasteiger partial charge in [-0.3, -0.25) is 5.43 Å². The lowest BCUT2D eigenvalue weighted by Crippen LogP contribution is -2.04. The van der Waals surface area contributed by atoms with Crippen molar-refractivity contribution in [2.24, 2.45) is 5.10 Å². The average Bonchev–Trinajstić information content (AvgIpc) is 2.39. The molecule has 0 saturated carbocycles. The zero-order chi connectivity index (χ0) is 13.7. The van der Waals surface area contributed by atoms with Crippen molar-refractivity contribution in [3.05, 3.63) is 65.7 Å². The Balaban J connectivity index is 2.00. The van der Waals surface area contributed by atoms with Crippen LogP contribution in [0.3, 0.4) is 0 Å². The minimum Gasteiger partial charge on any atom is -0.279 e. The van der Waals surface area contributed by atoms with Crippen LogP contribution >= 0.6 is 0 Å². The summed E-state index contributed by atoms with van der Waals surface area (Å²) in [6.07, 6.45) is -2.84. The molecular formula is C14H11F3N2. The van der Waals surface area contributed by atoms with Crippen LogP contribution in [0.5, 0.6) is 0 Å². The summed E-state index contributed by atoms with van der Waals surface area (Å²) in [6, 6.07) is 14.1. The third-order valence-corrected chi connectivity index (χ3v) is 2.42. The molecular weight excluding hydrogens is 253 g/mol. The van der Waals surface area contributed by atoms with E-state index in [9.17, 15) is 13.2 Å². The second-order valence-electron chi connectivity index (χ2n) is 3.86. The monoisotopic (exact) mass is 264 g/mol. The molecule has 2 aromatic rings. The minimum absolute atomic E-state index is 0.594. The maximum atomic E-state index is 12.3. The van der Waals surface area contributed by atoms with Crippen LogP contribution in [0.15, 0.2) is 59.7 Å². The second-order valence-corrected chi connectivity index (χ2v) is 3.86. The third-order valence-electron chi connectivity index (χ3n) is 2.42. The number of halogens is 3. The smallest absolute Gasteiger partial charge is 0.279 e. The number of alkyl halides is 3. The molecule has 0 fully saturated rings. The number of benzene rings is 2. The average molecular weight is 264 g/mol.